The van der Waals surface area contributed by atoms with E-state index >= 15 is 0 Å². The van der Waals surface area contributed by atoms with E-state index in [2.05, 4.69) is 36.1 Å². The highest BCUT2D eigenvalue weighted by Gasteiger charge is 2.45. The van der Waals surface area contributed by atoms with Gasteiger partial charge in [-0.2, -0.15) is 0 Å². The zero-order chi connectivity index (χ0) is 14.1. The molecule has 2 N–H and O–H groups in total. The van der Waals surface area contributed by atoms with Crippen molar-refractivity contribution in [3.63, 3.8) is 0 Å². The number of aryl methyl sites for hydroxylation is 1. The van der Waals surface area contributed by atoms with Crippen molar-refractivity contribution in [2.45, 2.75) is 56.8 Å². The SMILES string of the molecule is Cc1cccc([C@H]2C[C@@H](O)[C@@H](O)[C@@H]2N2CCCCC2)c1. The van der Waals surface area contributed by atoms with Crippen molar-refractivity contribution in [2.75, 3.05) is 13.1 Å². The van der Waals surface area contributed by atoms with Gasteiger partial charge in [-0.1, -0.05) is 36.2 Å². The van der Waals surface area contributed by atoms with E-state index in [0.717, 1.165) is 13.1 Å². The van der Waals surface area contributed by atoms with Crippen molar-refractivity contribution in [3.05, 3.63) is 35.4 Å². The molecule has 1 aromatic rings. The number of aliphatic hydroxyl groups is 2. The highest BCUT2D eigenvalue weighted by atomic mass is 16.3. The molecule has 1 aliphatic carbocycles. The molecule has 0 unspecified atom stereocenters. The van der Waals surface area contributed by atoms with Gasteiger partial charge in [0.2, 0.25) is 0 Å². The normalized spacial score (nSPS) is 35.4. The topological polar surface area (TPSA) is 43.7 Å². The van der Waals surface area contributed by atoms with Crippen LogP contribution in [0, 0.1) is 6.92 Å². The van der Waals surface area contributed by atoms with Crippen LogP contribution in [0.1, 0.15) is 42.7 Å². The van der Waals surface area contributed by atoms with E-state index in [9.17, 15) is 10.2 Å². The smallest absolute Gasteiger partial charge is 0.0959 e. The van der Waals surface area contributed by atoms with Gasteiger partial charge in [0.1, 0.15) is 0 Å². The Morgan fingerprint density at radius 3 is 2.55 bits per heavy atom. The quantitative estimate of drug-likeness (QED) is 0.868. The zero-order valence-electron chi connectivity index (χ0n) is 12.2. The lowest BCUT2D eigenvalue weighted by molar-refractivity contribution is -0.00706. The Kier molecular flexibility index (Phi) is 4.11. The number of aliphatic hydroxyl groups excluding tert-OH is 2. The molecule has 0 spiro atoms. The van der Waals surface area contributed by atoms with E-state index in [0.29, 0.717) is 6.42 Å². The standard InChI is InChI=1S/C17H25NO2/c1-12-6-5-7-13(10-12)14-11-15(19)17(20)16(14)18-8-3-2-4-9-18/h5-7,10,14-17,19-20H,2-4,8-9,11H2,1H3/t14-,15-,16-,17-/m1/s1. The molecule has 0 bridgehead atoms. The van der Waals surface area contributed by atoms with Crippen LogP contribution in [-0.2, 0) is 0 Å². The predicted octanol–water partition coefficient (Wildman–Crippen LogP) is 2.06. The molecule has 1 saturated carbocycles. The van der Waals surface area contributed by atoms with E-state index in [1.807, 2.05) is 0 Å². The third-order valence-electron chi connectivity index (χ3n) is 4.93. The second-order valence-corrected chi connectivity index (χ2v) is 6.40. The van der Waals surface area contributed by atoms with Gasteiger partial charge < -0.3 is 10.2 Å². The summed E-state index contributed by atoms with van der Waals surface area (Å²) in [6, 6.07) is 8.59. The highest BCUT2D eigenvalue weighted by Crippen LogP contribution is 2.39. The first-order valence-electron chi connectivity index (χ1n) is 7.83. The summed E-state index contributed by atoms with van der Waals surface area (Å²) in [5.74, 6) is 0.248. The maximum absolute atomic E-state index is 10.4. The molecule has 20 heavy (non-hydrogen) atoms. The van der Waals surface area contributed by atoms with Crippen LogP contribution in [0.25, 0.3) is 0 Å². The number of likely N-dealkylation sites (tertiary alicyclic amines) is 1. The van der Waals surface area contributed by atoms with Gasteiger partial charge in [-0.25, -0.2) is 0 Å². The first-order valence-corrected chi connectivity index (χ1v) is 7.83. The summed E-state index contributed by atoms with van der Waals surface area (Å²) in [5.41, 5.74) is 2.51. The number of hydrogen-bond donors (Lipinski definition) is 2. The van der Waals surface area contributed by atoms with Crippen molar-refractivity contribution in [3.8, 4) is 0 Å². The van der Waals surface area contributed by atoms with Crippen LogP contribution in [0.5, 0.6) is 0 Å². The Bertz CT molecular complexity index is 456. The third kappa shape index (κ3) is 2.62. The van der Waals surface area contributed by atoms with Gasteiger partial charge in [0.25, 0.3) is 0 Å². The molecule has 1 aliphatic heterocycles. The van der Waals surface area contributed by atoms with E-state index < -0.39 is 12.2 Å². The summed E-state index contributed by atoms with van der Waals surface area (Å²) in [6.45, 7) is 4.20. The first kappa shape index (κ1) is 14.1. The molecule has 4 atom stereocenters. The van der Waals surface area contributed by atoms with Crippen LogP contribution >= 0.6 is 0 Å². The Balaban J connectivity index is 1.87. The second kappa shape index (κ2) is 5.84. The molecule has 0 amide bonds. The van der Waals surface area contributed by atoms with Gasteiger partial charge in [-0.05, 0) is 44.8 Å². The van der Waals surface area contributed by atoms with Crippen LogP contribution in [0.4, 0.5) is 0 Å². The van der Waals surface area contributed by atoms with E-state index in [-0.39, 0.29) is 12.0 Å². The Morgan fingerprint density at radius 2 is 1.85 bits per heavy atom. The largest absolute Gasteiger partial charge is 0.390 e. The average molecular weight is 275 g/mol. The second-order valence-electron chi connectivity index (χ2n) is 6.40. The van der Waals surface area contributed by atoms with Crippen LogP contribution in [-0.4, -0.2) is 46.5 Å². The lowest BCUT2D eigenvalue weighted by atomic mass is 9.90. The molecular formula is C17H25NO2. The summed E-state index contributed by atoms with van der Waals surface area (Å²) in [7, 11) is 0. The Labute approximate surface area is 121 Å². The number of hydrogen-bond acceptors (Lipinski definition) is 3. The molecule has 3 heteroatoms. The summed E-state index contributed by atoms with van der Waals surface area (Å²) < 4.78 is 0. The number of nitrogens with zero attached hydrogens (tertiary/aromatic N) is 1. The lowest BCUT2D eigenvalue weighted by Gasteiger charge is -2.37. The molecule has 1 aromatic carbocycles. The van der Waals surface area contributed by atoms with Crippen molar-refractivity contribution >= 4 is 0 Å². The van der Waals surface area contributed by atoms with Crippen LogP contribution in [0.2, 0.25) is 0 Å². The molecule has 1 saturated heterocycles. The minimum atomic E-state index is -0.612. The fraction of sp³-hybridized carbons (Fsp3) is 0.647. The van der Waals surface area contributed by atoms with Crippen molar-refractivity contribution in [1.82, 2.24) is 4.90 Å². The highest BCUT2D eigenvalue weighted by molar-refractivity contribution is 5.29. The summed E-state index contributed by atoms with van der Waals surface area (Å²) >= 11 is 0. The molecule has 2 aliphatic rings. The number of piperidine rings is 1. The first-order chi connectivity index (χ1) is 9.66. The Morgan fingerprint density at radius 1 is 1.10 bits per heavy atom. The van der Waals surface area contributed by atoms with Gasteiger partial charge >= 0.3 is 0 Å². The van der Waals surface area contributed by atoms with Gasteiger partial charge in [0.15, 0.2) is 0 Å². The van der Waals surface area contributed by atoms with Gasteiger partial charge in [0.05, 0.1) is 12.2 Å². The van der Waals surface area contributed by atoms with Gasteiger partial charge in [-0.15, -0.1) is 0 Å². The maximum atomic E-state index is 10.4. The number of rotatable bonds is 2. The van der Waals surface area contributed by atoms with Crippen LogP contribution in [0.15, 0.2) is 24.3 Å². The summed E-state index contributed by atoms with van der Waals surface area (Å²) in [6.07, 6.45) is 3.17. The third-order valence-corrected chi connectivity index (χ3v) is 4.93. The average Bonchev–Trinajstić information content (AvgIpc) is 2.76. The zero-order valence-corrected chi connectivity index (χ0v) is 12.2. The minimum Gasteiger partial charge on any atom is -0.390 e. The van der Waals surface area contributed by atoms with Crippen molar-refractivity contribution in [2.24, 2.45) is 0 Å². The molecule has 0 radical (unpaired) electrons. The molecule has 1 heterocycles. The molecule has 110 valence electrons. The fourth-order valence-corrected chi connectivity index (χ4v) is 3.93. The lowest BCUT2D eigenvalue weighted by Crippen LogP contribution is -2.47. The van der Waals surface area contributed by atoms with Crippen LogP contribution < -0.4 is 0 Å². The molecule has 3 nitrogen and oxygen atoms in total. The number of benzene rings is 1. The Hall–Kier alpha value is -0.900. The molecule has 0 aromatic heterocycles. The predicted molar refractivity (Wildman–Crippen MR) is 79.8 cm³/mol. The van der Waals surface area contributed by atoms with Crippen molar-refractivity contribution < 1.29 is 10.2 Å². The van der Waals surface area contributed by atoms with Crippen molar-refractivity contribution in [1.29, 1.82) is 0 Å². The fourth-order valence-electron chi connectivity index (χ4n) is 3.93. The van der Waals surface area contributed by atoms with Gasteiger partial charge in [0, 0.05) is 12.0 Å². The monoisotopic (exact) mass is 275 g/mol. The summed E-state index contributed by atoms with van der Waals surface area (Å²) in [4.78, 5) is 2.40. The van der Waals surface area contributed by atoms with E-state index in [1.165, 1.54) is 30.4 Å². The maximum Gasteiger partial charge on any atom is 0.0959 e. The minimum absolute atomic E-state index is 0.0760. The van der Waals surface area contributed by atoms with E-state index in [1.54, 1.807) is 0 Å². The van der Waals surface area contributed by atoms with Gasteiger partial charge in [-0.3, -0.25) is 4.90 Å². The van der Waals surface area contributed by atoms with E-state index in [4.69, 9.17) is 0 Å². The molecule has 3 rings (SSSR count). The molecule has 2 fully saturated rings. The molecular weight excluding hydrogens is 250 g/mol. The summed E-state index contributed by atoms with van der Waals surface area (Å²) in [5, 5.41) is 20.5. The van der Waals surface area contributed by atoms with Crippen LogP contribution in [0.3, 0.4) is 0 Å².